The number of nitrogens with one attached hydrogen (secondary N) is 3. The summed E-state index contributed by atoms with van der Waals surface area (Å²) in [5, 5.41) is 3.40. The molecule has 1 aromatic heterocycles. The van der Waals surface area contributed by atoms with E-state index in [1.165, 1.54) is 0 Å². The van der Waals surface area contributed by atoms with Gasteiger partial charge in [-0.2, -0.15) is 0 Å². The molecule has 0 aliphatic rings. The Labute approximate surface area is 117 Å². The van der Waals surface area contributed by atoms with E-state index in [0.29, 0.717) is 13.2 Å². The number of H-pyrrole nitrogens is 2. The van der Waals surface area contributed by atoms with E-state index in [4.69, 9.17) is 9.47 Å². The molecule has 0 saturated heterocycles. The van der Waals surface area contributed by atoms with Gasteiger partial charge in [0.1, 0.15) is 0 Å². The van der Waals surface area contributed by atoms with E-state index in [0.717, 1.165) is 16.6 Å². The van der Waals surface area contributed by atoms with Gasteiger partial charge < -0.3 is 24.8 Å². The normalized spacial score (nSPS) is 14.6. The number of aromatic amines is 2. The van der Waals surface area contributed by atoms with Gasteiger partial charge in [-0.3, -0.25) is 0 Å². The van der Waals surface area contributed by atoms with Gasteiger partial charge in [0.2, 0.25) is 0 Å². The first-order chi connectivity index (χ1) is 9.63. The van der Waals surface area contributed by atoms with E-state index < -0.39 is 0 Å². The third-order valence-corrected chi connectivity index (χ3v) is 3.38. The Balaban J connectivity index is 2.03. The molecule has 6 nitrogen and oxygen atoms in total. The summed E-state index contributed by atoms with van der Waals surface area (Å²) >= 11 is 0. The molecule has 2 rings (SSSR count). The number of ether oxygens (including phenoxy) is 2. The Bertz CT molecular complexity index is 605. The molecule has 0 amide bonds. The summed E-state index contributed by atoms with van der Waals surface area (Å²) in [5.74, 6) is 0. The van der Waals surface area contributed by atoms with Gasteiger partial charge >= 0.3 is 5.69 Å². The predicted octanol–water partition coefficient (Wildman–Crippen LogP) is 1.17. The van der Waals surface area contributed by atoms with Gasteiger partial charge in [-0.15, -0.1) is 0 Å². The molecule has 1 aromatic carbocycles. The molecule has 20 heavy (non-hydrogen) atoms. The molecule has 2 atom stereocenters. The van der Waals surface area contributed by atoms with Crippen molar-refractivity contribution in [3.05, 3.63) is 34.2 Å². The van der Waals surface area contributed by atoms with Crippen molar-refractivity contribution >= 4 is 11.0 Å². The highest BCUT2D eigenvalue weighted by atomic mass is 16.5. The molecule has 6 heteroatoms. The molecular weight excluding hydrogens is 258 g/mol. The SMILES string of the molecule is COCC(CNC(C)c1ccc2[nH]c(=O)[nH]c2c1)OC. The number of hydrogen-bond acceptors (Lipinski definition) is 4. The summed E-state index contributed by atoms with van der Waals surface area (Å²) in [5.41, 5.74) is 2.57. The van der Waals surface area contributed by atoms with E-state index in [1.807, 2.05) is 18.2 Å². The van der Waals surface area contributed by atoms with Crippen LogP contribution in [-0.2, 0) is 9.47 Å². The standard InChI is InChI=1S/C14H21N3O3/c1-9(15-7-11(20-3)8-19-2)10-4-5-12-13(6-10)17-14(18)16-12/h4-6,9,11,15H,7-8H2,1-3H3,(H2,16,17,18). The van der Waals surface area contributed by atoms with Gasteiger partial charge in [0.25, 0.3) is 0 Å². The highest BCUT2D eigenvalue weighted by molar-refractivity contribution is 5.75. The van der Waals surface area contributed by atoms with Crippen LogP contribution in [0.3, 0.4) is 0 Å². The van der Waals surface area contributed by atoms with E-state index in [2.05, 4.69) is 22.2 Å². The zero-order valence-electron chi connectivity index (χ0n) is 12.0. The molecule has 0 bridgehead atoms. The molecule has 0 fully saturated rings. The molecule has 110 valence electrons. The minimum atomic E-state index is -0.183. The minimum Gasteiger partial charge on any atom is -0.382 e. The molecule has 0 aliphatic carbocycles. The van der Waals surface area contributed by atoms with Crippen molar-refractivity contribution in [3.8, 4) is 0 Å². The summed E-state index contributed by atoms with van der Waals surface area (Å²) in [6.07, 6.45) is 0.0262. The van der Waals surface area contributed by atoms with Gasteiger partial charge in [0.05, 0.1) is 23.7 Å². The lowest BCUT2D eigenvalue weighted by molar-refractivity contribution is 0.0276. The number of methoxy groups -OCH3 is 2. The maximum absolute atomic E-state index is 11.2. The summed E-state index contributed by atoms with van der Waals surface area (Å²) in [6.45, 7) is 3.33. The molecule has 2 aromatic rings. The number of imidazole rings is 1. The summed E-state index contributed by atoms with van der Waals surface area (Å²) in [4.78, 5) is 16.7. The molecule has 0 radical (unpaired) electrons. The number of rotatable bonds is 7. The first-order valence-electron chi connectivity index (χ1n) is 6.61. The molecule has 0 spiro atoms. The first kappa shape index (κ1) is 14.8. The van der Waals surface area contributed by atoms with Gasteiger partial charge in [-0.25, -0.2) is 4.79 Å². The number of hydrogen-bond donors (Lipinski definition) is 3. The predicted molar refractivity (Wildman–Crippen MR) is 78.0 cm³/mol. The fourth-order valence-corrected chi connectivity index (χ4v) is 2.14. The molecule has 1 heterocycles. The van der Waals surface area contributed by atoms with Gasteiger partial charge in [0, 0.05) is 26.8 Å². The van der Waals surface area contributed by atoms with Crippen LogP contribution in [0.25, 0.3) is 11.0 Å². The zero-order valence-corrected chi connectivity index (χ0v) is 12.0. The van der Waals surface area contributed by atoms with E-state index >= 15 is 0 Å². The monoisotopic (exact) mass is 279 g/mol. The van der Waals surface area contributed by atoms with Crippen LogP contribution >= 0.6 is 0 Å². The fourth-order valence-electron chi connectivity index (χ4n) is 2.14. The minimum absolute atomic E-state index is 0.0262. The Morgan fingerprint density at radius 3 is 2.70 bits per heavy atom. The average Bonchev–Trinajstić information content (AvgIpc) is 2.82. The Kier molecular flexibility index (Phi) is 4.94. The summed E-state index contributed by atoms with van der Waals surface area (Å²) in [7, 11) is 3.33. The van der Waals surface area contributed by atoms with Crippen LogP contribution in [0, 0.1) is 0 Å². The lowest BCUT2D eigenvalue weighted by Crippen LogP contribution is -2.33. The van der Waals surface area contributed by atoms with Crippen LogP contribution in [-0.4, -0.2) is 43.4 Å². The van der Waals surface area contributed by atoms with Crippen molar-refractivity contribution < 1.29 is 9.47 Å². The molecular formula is C14H21N3O3. The fraction of sp³-hybridized carbons (Fsp3) is 0.500. The van der Waals surface area contributed by atoms with Crippen LogP contribution in [0.2, 0.25) is 0 Å². The van der Waals surface area contributed by atoms with Crippen molar-refractivity contribution in [2.75, 3.05) is 27.4 Å². The highest BCUT2D eigenvalue weighted by Crippen LogP contribution is 2.16. The number of fused-ring (bicyclic) bond motifs is 1. The smallest absolute Gasteiger partial charge is 0.323 e. The Morgan fingerprint density at radius 2 is 2.00 bits per heavy atom. The summed E-state index contributed by atoms with van der Waals surface area (Å²) < 4.78 is 10.4. The van der Waals surface area contributed by atoms with Gasteiger partial charge in [-0.05, 0) is 24.6 Å². The lowest BCUT2D eigenvalue weighted by atomic mass is 10.1. The second-order valence-electron chi connectivity index (χ2n) is 4.83. The third kappa shape index (κ3) is 3.47. The van der Waals surface area contributed by atoms with Crippen LogP contribution in [0.5, 0.6) is 0 Å². The summed E-state index contributed by atoms with van der Waals surface area (Å²) in [6, 6.07) is 6.04. The highest BCUT2D eigenvalue weighted by Gasteiger charge is 2.11. The topological polar surface area (TPSA) is 79.1 Å². The first-order valence-corrected chi connectivity index (χ1v) is 6.61. The van der Waals surface area contributed by atoms with Crippen LogP contribution in [0.15, 0.2) is 23.0 Å². The maximum atomic E-state index is 11.2. The van der Waals surface area contributed by atoms with Crippen molar-refractivity contribution in [2.24, 2.45) is 0 Å². The molecule has 3 N–H and O–H groups in total. The molecule has 2 unspecified atom stereocenters. The van der Waals surface area contributed by atoms with E-state index in [-0.39, 0.29) is 17.8 Å². The quantitative estimate of drug-likeness (QED) is 0.711. The van der Waals surface area contributed by atoms with Crippen LogP contribution in [0.1, 0.15) is 18.5 Å². The Hall–Kier alpha value is -1.63. The third-order valence-electron chi connectivity index (χ3n) is 3.38. The van der Waals surface area contributed by atoms with E-state index in [1.54, 1.807) is 14.2 Å². The number of aromatic nitrogens is 2. The second kappa shape index (κ2) is 6.69. The molecule has 0 saturated carbocycles. The molecule has 0 aliphatic heterocycles. The second-order valence-corrected chi connectivity index (χ2v) is 4.83. The van der Waals surface area contributed by atoms with Crippen LogP contribution < -0.4 is 11.0 Å². The van der Waals surface area contributed by atoms with Gasteiger partial charge in [0.15, 0.2) is 0 Å². The van der Waals surface area contributed by atoms with Crippen molar-refractivity contribution in [3.63, 3.8) is 0 Å². The largest absolute Gasteiger partial charge is 0.382 e. The van der Waals surface area contributed by atoms with Crippen LogP contribution in [0.4, 0.5) is 0 Å². The maximum Gasteiger partial charge on any atom is 0.323 e. The van der Waals surface area contributed by atoms with Crippen molar-refractivity contribution in [1.82, 2.24) is 15.3 Å². The van der Waals surface area contributed by atoms with Crippen molar-refractivity contribution in [2.45, 2.75) is 19.1 Å². The van der Waals surface area contributed by atoms with E-state index in [9.17, 15) is 4.79 Å². The number of benzene rings is 1. The van der Waals surface area contributed by atoms with Gasteiger partial charge in [-0.1, -0.05) is 6.07 Å². The van der Waals surface area contributed by atoms with Crippen molar-refractivity contribution in [1.29, 1.82) is 0 Å². The Morgan fingerprint density at radius 1 is 1.25 bits per heavy atom. The zero-order chi connectivity index (χ0) is 14.5. The lowest BCUT2D eigenvalue weighted by Gasteiger charge is -2.19. The average molecular weight is 279 g/mol.